The summed E-state index contributed by atoms with van der Waals surface area (Å²) in [6.07, 6.45) is 0. The second kappa shape index (κ2) is 5.71. The Hall–Kier alpha value is -2.75. The van der Waals surface area contributed by atoms with Gasteiger partial charge < -0.3 is 4.98 Å². The Morgan fingerprint density at radius 3 is 2.48 bits per heavy atom. The van der Waals surface area contributed by atoms with Gasteiger partial charge in [0, 0.05) is 11.8 Å². The molecule has 9 nitrogen and oxygen atoms in total. The molecule has 2 aromatic rings. The average Bonchev–Trinajstić information content (AvgIpc) is 2.37. The maximum absolute atomic E-state index is 11.3. The smallest absolute Gasteiger partial charge is 0.310 e. The van der Waals surface area contributed by atoms with Crippen molar-refractivity contribution in [3.05, 3.63) is 60.7 Å². The van der Waals surface area contributed by atoms with Gasteiger partial charge in [-0.1, -0.05) is 11.8 Å². The summed E-state index contributed by atoms with van der Waals surface area (Å²) < 4.78 is 0. The molecule has 0 unspecified atom stereocenters. The predicted octanol–water partition coefficient (Wildman–Crippen LogP) is 2.05. The van der Waals surface area contributed by atoms with Crippen LogP contribution in [0.25, 0.3) is 0 Å². The van der Waals surface area contributed by atoms with E-state index in [0.717, 1.165) is 23.9 Å². The Labute approximate surface area is 121 Å². The molecule has 1 N–H and O–H groups in total. The number of H-pyrrole nitrogens is 1. The van der Waals surface area contributed by atoms with E-state index in [-0.39, 0.29) is 15.6 Å². The molecule has 10 heteroatoms. The van der Waals surface area contributed by atoms with Gasteiger partial charge in [-0.05, 0) is 19.1 Å². The van der Waals surface area contributed by atoms with Gasteiger partial charge in [0.15, 0.2) is 0 Å². The highest BCUT2D eigenvalue weighted by Gasteiger charge is 2.20. The van der Waals surface area contributed by atoms with E-state index in [4.69, 9.17) is 0 Å². The fraction of sp³-hybridized carbons (Fsp3) is 0.0909. The first-order valence-corrected chi connectivity index (χ1v) is 6.37. The minimum atomic E-state index is -0.713. The van der Waals surface area contributed by atoms with Crippen molar-refractivity contribution < 1.29 is 9.85 Å². The summed E-state index contributed by atoms with van der Waals surface area (Å²) >= 11 is 0.896. The molecule has 0 fully saturated rings. The number of hydrogen-bond acceptors (Lipinski definition) is 7. The molecule has 0 bridgehead atoms. The van der Waals surface area contributed by atoms with Crippen molar-refractivity contribution in [2.24, 2.45) is 0 Å². The fourth-order valence-electron chi connectivity index (χ4n) is 1.56. The Morgan fingerprint density at radius 2 is 1.90 bits per heavy atom. The number of nitrogens with one attached hydrogen (secondary N) is 1. The minimum absolute atomic E-state index is 0.170. The van der Waals surface area contributed by atoms with Crippen LogP contribution in [0.5, 0.6) is 0 Å². The van der Waals surface area contributed by atoms with Crippen LogP contribution >= 0.6 is 11.8 Å². The van der Waals surface area contributed by atoms with Crippen molar-refractivity contribution in [3.63, 3.8) is 0 Å². The van der Waals surface area contributed by atoms with E-state index in [0.29, 0.717) is 5.69 Å². The molecule has 0 aliphatic rings. The first-order valence-electron chi connectivity index (χ1n) is 5.55. The number of hydrogen-bond donors (Lipinski definition) is 1. The van der Waals surface area contributed by atoms with Gasteiger partial charge in [-0.25, -0.2) is 4.79 Å². The lowest BCUT2D eigenvalue weighted by atomic mass is 10.3. The first-order chi connectivity index (χ1) is 9.86. The molecule has 1 aromatic carbocycles. The SMILES string of the molecule is Cc1cc(Sc2ccc([N+](=O)[O-])cc2[N+](=O)[O-])nc(=O)[nH]1. The zero-order valence-electron chi connectivity index (χ0n) is 10.6. The Balaban J connectivity index is 2.46. The molecule has 1 aromatic heterocycles. The number of aromatic nitrogens is 2. The molecule has 0 radical (unpaired) electrons. The van der Waals surface area contributed by atoms with E-state index in [1.807, 2.05) is 0 Å². The highest BCUT2D eigenvalue weighted by Crippen LogP contribution is 2.35. The van der Waals surface area contributed by atoms with Gasteiger partial charge in [0.1, 0.15) is 5.03 Å². The van der Waals surface area contributed by atoms with Crippen molar-refractivity contribution in [1.82, 2.24) is 9.97 Å². The number of benzene rings is 1. The largest absolute Gasteiger partial charge is 0.346 e. The first kappa shape index (κ1) is 14.7. The number of rotatable bonds is 4. The zero-order valence-corrected chi connectivity index (χ0v) is 11.4. The van der Waals surface area contributed by atoms with Crippen LogP contribution in [-0.4, -0.2) is 19.8 Å². The molecule has 0 aliphatic heterocycles. The van der Waals surface area contributed by atoms with Crippen LogP contribution in [0.15, 0.2) is 39.0 Å². The van der Waals surface area contributed by atoms with E-state index in [1.54, 1.807) is 13.0 Å². The molecular formula is C11H8N4O5S. The van der Waals surface area contributed by atoms with E-state index < -0.39 is 21.2 Å². The summed E-state index contributed by atoms with van der Waals surface area (Å²) in [4.78, 5) is 37.8. The van der Waals surface area contributed by atoms with Crippen LogP contribution in [-0.2, 0) is 0 Å². The summed E-state index contributed by atoms with van der Waals surface area (Å²) in [7, 11) is 0. The summed E-state index contributed by atoms with van der Waals surface area (Å²) in [6.45, 7) is 1.65. The van der Waals surface area contributed by atoms with Crippen molar-refractivity contribution in [1.29, 1.82) is 0 Å². The summed E-state index contributed by atoms with van der Waals surface area (Å²) in [5.74, 6) is 0. The Bertz CT molecular complexity index is 788. The van der Waals surface area contributed by atoms with Crippen molar-refractivity contribution in [2.45, 2.75) is 16.8 Å². The molecular weight excluding hydrogens is 300 g/mol. The van der Waals surface area contributed by atoms with Crippen LogP contribution < -0.4 is 5.69 Å². The number of aromatic amines is 1. The molecule has 108 valence electrons. The molecule has 1 heterocycles. The topological polar surface area (TPSA) is 132 Å². The summed E-state index contributed by atoms with van der Waals surface area (Å²) in [5, 5.41) is 21.9. The Morgan fingerprint density at radius 1 is 1.19 bits per heavy atom. The number of nitro benzene ring substituents is 2. The van der Waals surface area contributed by atoms with Crippen molar-refractivity contribution >= 4 is 23.1 Å². The van der Waals surface area contributed by atoms with Crippen molar-refractivity contribution in [3.8, 4) is 0 Å². The predicted molar refractivity (Wildman–Crippen MR) is 73.5 cm³/mol. The highest BCUT2D eigenvalue weighted by molar-refractivity contribution is 7.99. The van der Waals surface area contributed by atoms with Gasteiger partial charge in [-0.2, -0.15) is 4.98 Å². The maximum Gasteiger partial charge on any atom is 0.346 e. The molecule has 0 saturated heterocycles. The average molecular weight is 308 g/mol. The quantitative estimate of drug-likeness (QED) is 0.519. The lowest BCUT2D eigenvalue weighted by Gasteiger charge is -2.03. The molecule has 0 saturated carbocycles. The van der Waals surface area contributed by atoms with Gasteiger partial charge in [0.05, 0.1) is 20.8 Å². The van der Waals surface area contributed by atoms with Gasteiger partial charge in [0.2, 0.25) is 0 Å². The summed E-state index contributed by atoms with van der Waals surface area (Å²) in [6, 6.07) is 4.86. The fourth-order valence-corrected chi connectivity index (χ4v) is 2.53. The van der Waals surface area contributed by atoms with Crippen LogP contribution in [0.4, 0.5) is 11.4 Å². The Kier molecular flexibility index (Phi) is 3.98. The van der Waals surface area contributed by atoms with Gasteiger partial charge in [-0.3, -0.25) is 20.2 Å². The number of nitro groups is 2. The maximum atomic E-state index is 11.3. The van der Waals surface area contributed by atoms with Gasteiger partial charge in [0.25, 0.3) is 11.4 Å². The van der Waals surface area contributed by atoms with E-state index >= 15 is 0 Å². The molecule has 0 atom stereocenters. The third kappa shape index (κ3) is 3.42. The van der Waals surface area contributed by atoms with E-state index in [2.05, 4.69) is 9.97 Å². The van der Waals surface area contributed by atoms with Crippen molar-refractivity contribution in [2.75, 3.05) is 0 Å². The van der Waals surface area contributed by atoms with Crippen LogP contribution in [0.1, 0.15) is 5.69 Å². The normalized spacial score (nSPS) is 10.3. The lowest BCUT2D eigenvalue weighted by molar-refractivity contribution is -0.396. The number of non-ortho nitro benzene ring substituents is 1. The van der Waals surface area contributed by atoms with Crippen LogP contribution in [0.2, 0.25) is 0 Å². The van der Waals surface area contributed by atoms with E-state index in [1.165, 1.54) is 6.07 Å². The summed E-state index contributed by atoms with van der Waals surface area (Å²) in [5.41, 5.74) is -0.792. The lowest BCUT2D eigenvalue weighted by Crippen LogP contribution is -2.11. The molecule has 21 heavy (non-hydrogen) atoms. The van der Waals surface area contributed by atoms with Gasteiger partial charge in [-0.15, -0.1) is 0 Å². The second-order valence-corrected chi connectivity index (χ2v) is 5.04. The molecule has 2 rings (SSSR count). The highest BCUT2D eigenvalue weighted by atomic mass is 32.2. The standard InChI is InChI=1S/C11H8N4O5S/c1-6-4-10(13-11(16)12-6)21-9-3-2-7(14(17)18)5-8(9)15(19)20/h2-5H,1H3,(H,12,13,16). The number of nitrogens with zero attached hydrogens (tertiary/aromatic N) is 3. The second-order valence-electron chi connectivity index (χ2n) is 3.98. The van der Waals surface area contributed by atoms with Gasteiger partial charge >= 0.3 is 5.69 Å². The zero-order chi connectivity index (χ0) is 15.6. The minimum Gasteiger partial charge on any atom is -0.310 e. The molecule has 0 amide bonds. The monoisotopic (exact) mass is 308 g/mol. The third-order valence-corrected chi connectivity index (χ3v) is 3.40. The van der Waals surface area contributed by atoms with Crippen LogP contribution in [0, 0.1) is 27.2 Å². The van der Waals surface area contributed by atoms with Crippen LogP contribution in [0.3, 0.4) is 0 Å². The van der Waals surface area contributed by atoms with E-state index in [9.17, 15) is 25.0 Å². The third-order valence-electron chi connectivity index (χ3n) is 2.42. The molecule has 0 aliphatic carbocycles. The molecule has 0 spiro atoms. The number of aryl methyl sites for hydroxylation is 1.